The largest absolute Gasteiger partial charge is 0.371 e. The molecule has 5 nitrogen and oxygen atoms in total. The molecule has 0 aliphatic carbocycles. The summed E-state index contributed by atoms with van der Waals surface area (Å²) < 4.78 is 2.27. The van der Waals surface area contributed by atoms with Crippen LogP contribution in [0, 0.1) is 6.92 Å². The van der Waals surface area contributed by atoms with Gasteiger partial charge in [0.1, 0.15) is 5.82 Å². The molecule has 0 amide bonds. The lowest BCUT2D eigenvalue weighted by atomic mass is 9.95. The van der Waals surface area contributed by atoms with Gasteiger partial charge in [0.25, 0.3) is 0 Å². The van der Waals surface area contributed by atoms with Crippen LogP contribution in [0.3, 0.4) is 0 Å². The Hall–Kier alpha value is -2.69. The third-order valence-corrected chi connectivity index (χ3v) is 4.93. The molecule has 0 saturated carbocycles. The Kier molecular flexibility index (Phi) is 4.46. The number of rotatable bonds is 4. The molecule has 1 saturated heterocycles. The van der Waals surface area contributed by atoms with Crippen LogP contribution in [0.1, 0.15) is 35.8 Å². The van der Waals surface area contributed by atoms with Crippen LogP contribution in [0.25, 0.3) is 0 Å². The van der Waals surface area contributed by atoms with E-state index in [1.807, 2.05) is 37.8 Å². The number of anilines is 1. The number of aryl methyl sites for hydroxylation is 1. The Morgan fingerprint density at radius 3 is 2.72 bits per heavy atom. The number of hydrogen-bond donors (Lipinski definition) is 0. The fourth-order valence-corrected chi connectivity index (χ4v) is 3.63. The number of imidazole rings is 1. The SMILES string of the molecule is Cc1cc(N2CCC(c3nccn3Cc3cccnc3)CC2)ccn1. The smallest absolute Gasteiger partial charge is 0.112 e. The lowest BCUT2D eigenvalue weighted by molar-refractivity contribution is 0.470. The van der Waals surface area contributed by atoms with E-state index in [0.29, 0.717) is 5.92 Å². The zero-order chi connectivity index (χ0) is 17.1. The molecule has 128 valence electrons. The maximum atomic E-state index is 4.66. The molecule has 4 heterocycles. The zero-order valence-corrected chi connectivity index (χ0v) is 14.5. The van der Waals surface area contributed by atoms with Gasteiger partial charge in [0, 0.05) is 61.4 Å². The van der Waals surface area contributed by atoms with Gasteiger partial charge in [0.05, 0.1) is 6.54 Å². The van der Waals surface area contributed by atoms with Crippen LogP contribution >= 0.6 is 0 Å². The van der Waals surface area contributed by atoms with Crippen molar-refractivity contribution in [2.75, 3.05) is 18.0 Å². The Morgan fingerprint density at radius 1 is 1.08 bits per heavy atom. The second-order valence-corrected chi connectivity index (χ2v) is 6.69. The minimum atomic E-state index is 0.519. The highest BCUT2D eigenvalue weighted by Crippen LogP contribution is 2.30. The Morgan fingerprint density at radius 2 is 1.96 bits per heavy atom. The van der Waals surface area contributed by atoms with E-state index in [2.05, 4.69) is 48.8 Å². The molecule has 0 atom stereocenters. The van der Waals surface area contributed by atoms with Gasteiger partial charge in [-0.25, -0.2) is 4.98 Å². The third-order valence-electron chi connectivity index (χ3n) is 4.93. The maximum Gasteiger partial charge on any atom is 0.112 e. The Bertz CT molecular complexity index is 819. The molecule has 25 heavy (non-hydrogen) atoms. The second kappa shape index (κ2) is 7.05. The predicted octanol–water partition coefficient (Wildman–Crippen LogP) is 3.41. The van der Waals surface area contributed by atoms with Crippen molar-refractivity contribution in [2.24, 2.45) is 0 Å². The summed E-state index contributed by atoms with van der Waals surface area (Å²) in [6.07, 6.45) is 11.9. The van der Waals surface area contributed by atoms with Crippen molar-refractivity contribution in [1.82, 2.24) is 19.5 Å². The molecule has 0 aromatic carbocycles. The van der Waals surface area contributed by atoms with E-state index >= 15 is 0 Å². The van der Waals surface area contributed by atoms with Gasteiger partial charge < -0.3 is 9.47 Å². The molecule has 0 N–H and O–H groups in total. The Labute approximate surface area is 148 Å². The molecule has 0 bridgehead atoms. The van der Waals surface area contributed by atoms with Gasteiger partial charge >= 0.3 is 0 Å². The van der Waals surface area contributed by atoms with Crippen molar-refractivity contribution >= 4 is 5.69 Å². The van der Waals surface area contributed by atoms with Crippen LogP contribution in [-0.4, -0.2) is 32.6 Å². The normalized spacial score (nSPS) is 15.5. The van der Waals surface area contributed by atoms with E-state index in [1.165, 1.54) is 17.1 Å². The molecular weight excluding hydrogens is 310 g/mol. The minimum Gasteiger partial charge on any atom is -0.371 e. The van der Waals surface area contributed by atoms with Crippen molar-refractivity contribution in [3.63, 3.8) is 0 Å². The quantitative estimate of drug-likeness (QED) is 0.734. The van der Waals surface area contributed by atoms with Crippen LogP contribution < -0.4 is 4.90 Å². The monoisotopic (exact) mass is 333 g/mol. The van der Waals surface area contributed by atoms with Crippen molar-refractivity contribution in [3.05, 3.63) is 72.3 Å². The minimum absolute atomic E-state index is 0.519. The van der Waals surface area contributed by atoms with Gasteiger partial charge in [-0.05, 0) is 43.5 Å². The van der Waals surface area contributed by atoms with Gasteiger partial charge in [-0.1, -0.05) is 6.07 Å². The molecule has 5 heteroatoms. The van der Waals surface area contributed by atoms with Gasteiger partial charge in [-0.2, -0.15) is 0 Å². The summed E-state index contributed by atoms with van der Waals surface area (Å²) in [6, 6.07) is 8.38. The molecule has 0 spiro atoms. The van der Waals surface area contributed by atoms with E-state index in [-0.39, 0.29) is 0 Å². The second-order valence-electron chi connectivity index (χ2n) is 6.69. The van der Waals surface area contributed by atoms with Gasteiger partial charge in [-0.3, -0.25) is 9.97 Å². The summed E-state index contributed by atoms with van der Waals surface area (Å²) in [4.78, 5) is 15.6. The highest BCUT2D eigenvalue weighted by Gasteiger charge is 2.24. The number of aromatic nitrogens is 4. The molecule has 4 rings (SSSR count). The summed E-state index contributed by atoms with van der Waals surface area (Å²) in [7, 11) is 0. The first-order chi connectivity index (χ1) is 12.3. The van der Waals surface area contributed by atoms with E-state index in [9.17, 15) is 0 Å². The summed E-state index contributed by atoms with van der Waals surface area (Å²) >= 11 is 0. The fraction of sp³-hybridized carbons (Fsp3) is 0.350. The van der Waals surface area contributed by atoms with E-state index in [0.717, 1.165) is 38.2 Å². The van der Waals surface area contributed by atoms with Crippen LogP contribution in [0.15, 0.2) is 55.2 Å². The van der Waals surface area contributed by atoms with Crippen LogP contribution in [-0.2, 0) is 6.54 Å². The standard InChI is InChI=1S/C20H23N5/c1-16-13-19(4-8-22-16)24-10-5-18(6-11-24)20-23-9-12-25(20)15-17-3-2-7-21-14-17/h2-4,7-9,12-14,18H,5-6,10-11,15H2,1H3. The van der Waals surface area contributed by atoms with Crippen LogP contribution in [0.5, 0.6) is 0 Å². The lowest BCUT2D eigenvalue weighted by Crippen LogP contribution is -2.33. The first kappa shape index (κ1) is 15.8. The van der Waals surface area contributed by atoms with Crippen molar-refractivity contribution in [3.8, 4) is 0 Å². The van der Waals surface area contributed by atoms with Crippen molar-refractivity contribution in [1.29, 1.82) is 0 Å². The van der Waals surface area contributed by atoms with E-state index in [4.69, 9.17) is 0 Å². The molecule has 3 aromatic rings. The predicted molar refractivity (Wildman–Crippen MR) is 98.7 cm³/mol. The number of piperidine rings is 1. The van der Waals surface area contributed by atoms with Crippen LogP contribution in [0.4, 0.5) is 5.69 Å². The summed E-state index contributed by atoms with van der Waals surface area (Å²) in [5.74, 6) is 1.72. The highest BCUT2D eigenvalue weighted by atomic mass is 15.1. The number of hydrogen-bond acceptors (Lipinski definition) is 4. The lowest BCUT2D eigenvalue weighted by Gasteiger charge is -2.33. The Balaban J connectivity index is 1.44. The molecule has 1 aliphatic heterocycles. The first-order valence-corrected chi connectivity index (χ1v) is 8.87. The summed E-state index contributed by atoms with van der Waals surface area (Å²) in [5, 5.41) is 0. The van der Waals surface area contributed by atoms with Crippen molar-refractivity contribution < 1.29 is 0 Å². The third kappa shape index (κ3) is 3.55. The van der Waals surface area contributed by atoms with E-state index in [1.54, 1.807) is 0 Å². The first-order valence-electron chi connectivity index (χ1n) is 8.87. The number of nitrogens with zero attached hydrogens (tertiary/aromatic N) is 5. The molecule has 0 unspecified atom stereocenters. The van der Waals surface area contributed by atoms with Gasteiger partial charge in [-0.15, -0.1) is 0 Å². The maximum absolute atomic E-state index is 4.66. The van der Waals surface area contributed by atoms with Gasteiger partial charge in [0.15, 0.2) is 0 Å². The van der Waals surface area contributed by atoms with Gasteiger partial charge in [0.2, 0.25) is 0 Å². The van der Waals surface area contributed by atoms with E-state index < -0.39 is 0 Å². The molecule has 1 aliphatic rings. The molecule has 1 fully saturated rings. The van der Waals surface area contributed by atoms with Crippen molar-refractivity contribution in [2.45, 2.75) is 32.2 Å². The average molecular weight is 333 g/mol. The van der Waals surface area contributed by atoms with Crippen LogP contribution in [0.2, 0.25) is 0 Å². The molecule has 0 radical (unpaired) electrons. The topological polar surface area (TPSA) is 46.8 Å². The summed E-state index contributed by atoms with van der Waals surface area (Å²) in [6.45, 7) is 5.01. The molecular formula is C20H23N5. The zero-order valence-electron chi connectivity index (χ0n) is 14.5. The summed E-state index contributed by atoms with van der Waals surface area (Å²) in [5.41, 5.74) is 3.57. The molecule has 3 aromatic heterocycles. The fourth-order valence-electron chi connectivity index (χ4n) is 3.63. The average Bonchev–Trinajstić information content (AvgIpc) is 3.11. The highest BCUT2D eigenvalue weighted by molar-refractivity contribution is 5.46. The number of pyridine rings is 2.